The zero-order valence-corrected chi connectivity index (χ0v) is 15.1. The third-order valence-corrected chi connectivity index (χ3v) is 13.4. The van der Waals surface area contributed by atoms with Crippen molar-refractivity contribution in [3.63, 3.8) is 0 Å². The van der Waals surface area contributed by atoms with Crippen molar-refractivity contribution >= 4 is 18.4 Å². The summed E-state index contributed by atoms with van der Waals surface area (Å²) in [5, 5.41) is 0. The van der Waals surface area contributed by atoms with Gasteiger partial charge in [-0.25, -0.2) is 0 Å². The Labute approximate surface area is 112 Å². The van der Waals surface area contributed by atoms with Crippen molar-refractivity contribution in [2.75, 3.05) is 0 Å². The molecule has 2 bridgehead atoms. The molecule has 0 saturated heterocycles. The van der Waals surface area contributed by atoms with Crippen LogP contribution in [0.25, 0.3) is 0 Å². The minimum absolute atomic E-state index is 1.08. The molecule has 4 atom stereocenters. The van der Waals surface area contributed by atoms with E-state index in [2.05, 4.69) is 33.9 Å². The van der Waals surface area contributed by atoms with Crippen LogP contribution in [-0.2, 0) is 0 Å². The Morgan fingerprint density at radius 1 is 1.06 bits per heavy atom. The zero-order valence-electron chi connectivity index (χ0n) is 12.2. The molecule has 17 heavy (non-hydrogen) atoms. The second kappa shape index (κ2) is 5.67. The summed E-state index contributed by atoms with van der Waals surface area (Å²) in [5.41, 5.74) is 0. The first-order valence-electron chi connectivity index (χ1n) is 7.69. The molecule has 2 aliphatic rings. The average molecular weight is 341 g/mol. The van der Waals surface area contributed by atoms with Gasteiger partial charge in [-0.05, 0) is 0 Å². The predicted molar refractivity (Wildman–Crippen MR) is 80.1 cm³/mol. The van der Waals surface area contributed by atoms with Crippen molar-refractivity contribution in [1.82, 2.24) is 0 Å². The maximum atomic E-state index is 2.67. The molecule has 2 saturated carbocycles. The Morgan fingerprint density at radius 3 is 2.41 bits per heavy atom. The van der Waals surface area contributed by atoms with Crippen LogP contribution >= 0.6 is 0 Å². The summed E-state index contributed by atoms with van der Waals surface area (Å²) in [6, 6.07) is 0. The van der Waals surface area contributed by atoms with Crippen LogP contribution in [0.3, 0.4) is 0 Å². The van der Waals surface area contributed by atoms with Crippen molar-refractivity contribution in [1.29, 1.82) is 0 Å². The molecule has 0 aromatic rings. The first kappa shape index (κ1) is 14.0. The van der Waals surface area contributed by atoms with Gasteiger partial charge in [0.15, 0.2) is 0 Å². The topological polar surface area (TPSA) is 0 Å². The van der Waals surface area contributed by atoms with Crippen molar-refractivity contribution in [3.8, 4) is 0 Å². The standard InChI is InChI=1S/C13H21.3CH3.Sn/c1-2-3-4-5-6-12-9-11-7-8-13(12)10-11;;;;/h4-5,9,11-13H,2-3,6-8,10H2,1H3;3*1H3;/b5-4-;;;;/t11-,12-,13-;;;;/m0..../s1. The molecule has 0 spiro atoms. The van der Waals surface area contributed by atoms with Gasteiger partial charge >= 0.3 is 112 Å². The van der Waals surface area contributed by atoms with Crippen LogP contribution < -0.4 is 0 Å². The van der Waals surface area contributed by atoms with E-state index in [1.54, 1.807) is 19.3 Å². The summed E-state index contributed by atoms with van der Waals surface area (Å²) >= 11 is -1.69. The van der Waals surface area contributed by atoms with Crippen LogP contribution in [0.4, 0.5) is 0 Å². The molecule has 0 amide bonds. The molecule has 2 rings (SSSR count). The first-order chi connectivity index (χ1) is 8.04. The van der Waals surface area contributed by atoms with E-state index in [0.717, 1.165) is 17.8 Å². The molecule has 2 fully saturated rings. The van der Waals surface area contributed by atoms with Gasteiger partial charge in [0, 0.05) is 0 Å². The summed E-state index contributed by atoms with van der Waals surface area (Å²) in [5.74, 6) is 3.32. The van der Waals surface area contributed by atoms with Crippen molar-refractivity contribution < 1.29 is 0 Å². The number of hydrogen-bond acceptors (Lipinski definition) is 0. The van der Waals surface area contributed by atoms with Gasteiger partial charge in [0.05, 0.1) is 0 Å². The van der Waals surface area contributed by atoms with E-state index < -0.39 is 18.4 Å². The Kier molecular flexibility index (Phi) is 4.66. The molecule has 0 N–H and O–H groups in total. The third kappa shape index (κ3) is 3.11. The summed E-state index contributed by atoms with van der Waals surface area (Å²) in [6.45, 7) is 2.27. The molecule has 0 nitrogen and oxygen atoms in total. The van der Waals surface area contributed by atoms with Crippen LogP contribution in [0, 0.1) is 17.8 Å². The van der Waals surface area contributed by atoms with Gasteiger partial charge in [-0.2, -0.15) is 0 Å². The normalized spacial score (nSPS) is 37.2. The van der Waals surface area contributed by atoms with Gasteiger partial charge in [-0.3, -0.25) is 0 Å². The third-order valence-electron chi connectivity index (χ3n) is 5.12. The molecule has 98 valence electrons. The van der Waals surface area contributed by atoms with Gasteiger partial charge in [-0.1, -0.05) is 0 Å². The summed E-state index contributed by atoms with van der Waals surface area (Å²) < 4.78 is 1.19. The monoisotopic (exact) mass is 342 g/mol. The molecule has 0 aromatic heterocycles. The van der Waals surface area contributed by atoms with E-state index in [9.17, 15) is 0 Å². The zero-order chi connectivity index (χ0) is 12.5. The van der Waals surface area contributed by atoms with Gasteiger partial charge < -0.3 is 0 Å². The average Bonchev–Trinajstić information content (AvgIpc) is 2.82. The fraction of sp³-hybridized carbons (Fsp3) is 0.875. The molecular formula is C16H30Sn. The van der Waals surface area contributed by atoms with E-state index in [1.165, 1.54) is 23.2 Å². The van der Waals surface area contributed by atoms with Crippen LogP contribution in [-0.4, -0.2) is 18.4 Å². The van der Waals surface area contributed by atoms with E-state index in [1.807, 2.05) is 0 Å². The SMILES string of the molecule is CCC/C=C\C[C@@H]1[C@H]2CC[C@H](C2)[C@@H]1[Sn]([CH3])([CH3])[CH3]. The van der Waals surface area contributed by atoms with Crippen LogP contribution in [0.15, 0.2) is 12.2 Å². The molecule has 2 aliphatic carbocycles. The van der Waals surface area contributed by atoms with E-state index in [0.29, 0.717) is 0 Å². The molecule has 0 aromatic carbocycles. The van der Waals surface area contributed by atoms with Gasteiger partial charge in [0.2, 0.25) is 0 Å². The van der Waals surface area contributed by atoms with Gasteiger partial charge in [0.25, 0.3) is 0 Å². The minimum atomic E-state index is -1.69. The molecule has 0 heterocycles. The number of rotatable bonds is 5. The first-order valence-corrected chi connectivity index (χ1v) is 17.9. The Bertz CT molecular complexity index is 274. The molecule has 1 heteroatoms. The number of allylic oxidation sites excluding steroid dienone is 2. The molecule has 0 unspecified atom stereocenters. The second-order valence-corrected chi connectivity index (χ2v) is 22.8. The Balaban J connectivity index is 1.99. The van der Waals surface area contributed by atoms with Crippen LogP contribution in [0.1, 0.15) is 45.4 Å². The van der Waals surface area contributed by atoms with Gasteiger partial charge in [0.1, 0.15) is 0 Å². The number of unbranched alkanes of at least 4 members (excludes halogenated alkanes) is 1. The van der Waals surface area contributed by atoms with Crippen LogP contribution in [0.2, 0.25) is 18.8 Å². The van der Waals surface area contributed by atoms with E-state index in [-0.39, 0.29) is 0 Å². The van der Waals surface area contributed by atoms with E-state index in [4.69, 9.17) is 0 Å². The van der Waals surface area contributed by atoms with Crippen LogP contribution in [0.5, 0.6) is 0 Å². The van der Waals surface area contributed by atoms with E-state index >= 15 is 0 Å². The fourth-order valence-electron chi connectivity index (χ4n) is 4.64. The van der Waals surface area contributed by atoms with Crippen molar-refractivity contribution in [2.24, 2.45) is 17.8 Å². The second-order valence-electron chi connectivity index (χ2n) is 7.38. The molecule has 0 aliphatic heterocycles. The molecular weight excluding hydrogens is 311 g/mol. The maximum absolute atomic E-state index is 2.67. The summed E-state index contributed by atoms with van der Waals surface area (Å²) in [6.07, 6.45) is 13.6. The summed E-state index contributed by atoms with van der Waals surface area (Å²) in [7, 11) is 0. The van der Waals surface area contributed by atoms with Gasteiger partial charge in [-0.15, -0.1) is 0 Å². The fourth-order valence-corrected chi connectivity index (χ4v) is 14.4. The van der Waals surface area contributed by atoms with Crippen molar-refractivity contribution in [3.05, 3.63) is 12.2 Å². The van der Waals surface area contributed by atoms with Crippen molar-refractivity contribution in [2.45, 2.75) is 64.2 Å². The number of fused-ring (bicyclic) bond motifs is 2. The predicted octanol–water partition coefficient (Wildman–Crippen LogP) is 5.49. The summed E-state index contributed by atoms with van der Waals surface area (Å²) in [4.78, 5) is 8.01. The quantitative estimate of drug-likeness (QED) is 0.458. The Morgan fingerprint density at radius 2 is 1.76 bits per heavy atom. The number of hydrogen-bond donors (Lipinski definition) is 0. The molecule has 0 radical (unpaired) electrons. The Hall–Kier alpha value is 0.539.